The second kappa shape index (κ2) is 8.28. The largest absolute Gasteiger partial charge is 0.494 e. The molecule has 0 aliphatic rings. The maximum absolute atomic E-state index is 11.9. The molecule has 0 amide bonds. The highest BCUT2D eigenvalue weighted by Gasteiger charge is 2.25. The summed E-state index contributed by atoms with van der Waals surface area (Å²) in [4.78, 5) is 5.32. The van der Waals surface area contributed by atoms with Gasteiger partial charge in [-0.3, -0.25) is 0 Å². The topological polar surface area (TPSA) is 60.2 Å². The molecule has 8 heteroatoms. The van der Waals surface area contributed by atoms with Crippen LogP contribution < -0.4 is 15.8 Å². The highest BCUT2D eigenvalue weighted by Crippen LogP contribution is 2.26. The van der Waals surface area contributed by atoms with Crippen molar-refractivity contribution in [3.63, 3.8) is 0 Å². The molecule has 2 rings (SSSR count). The molecule has 0 aliphatic heterocycles. The van der Waals surface area contributed by atoms with Crippen molar-refractivity contribution in [2.75, 3.05) is 19.7 Å². The third-order valence-corrected chi connectivity index (χ3v) is 4.02. The summed E-state index contributed by atoms with van der Waals surface area (Å²) >= 11 is 1.54. The van der Waals surface area contributed by atoms with Crippen LogP contribution in [0.25, 0.3) is 10.6 Å². The number of thiazole rings is 1. The number of aromatic nitrogens is 1. The molecule has 1 aromatic heterocycles. The molecular formula is C15H18F3N3OS. The van der Waals surface area contributed by atoms with Gasteiger partial charge in [0.2, 0.25) is 0 Å². The molecule has 4 nitrogen and oxygen atoms in total. The molecule has 0 fully saturated rings. The highest BCUT2D eigenvalue weighted by molar-refractivity contribution is 7.15. The number of ether oxygens (including phenoxy) is 1. The molecule has 0 atom stereocenters. The first-order chi connectivity index (χ1) is 11.0. The van der Waals surface area contributed by atoms with Crippen LogP contribution in [0, 0.1) is 0 Å². The van der Waals surface area contributed by atoms with Crippen LogP contribution in [0.4, 0.5) is 13.2 Å². The van der Waals surface area contributed by atoms with Crippen molar-refractivity contribution < 1.29 is 17.9 Å². The Morgan fingerprint density at radius 1 is 1.22 bits per heavy atom. The molecule has 1 heterocycles. The van der Waals surface area contributed by atoms with Gasteiger partial charge in [-0.1, -0.05) is 0 Å². The number of hydrogen-bond donors (Lipinski definition) is 2. The van der Waals surface area contributed by atoms with Crippen molar-refractivity contribution in [1.82, 2.24) is 10.3 Å². The summed E-state index contributed by atoms with van der Waals surface area (Å²) in [5.41, 5.74) is 6.54. The van der Waals surface area contributed by atoms with Crippen LogP contribution in [0.1, 0.15) is 11.3 Å². The van der Waals surface area contributed by atoms with Crippen LogP contribution in [-0.2, 0) is 6.54 Å². The first-order valence-electron chi connectivity index (χ1n) is 7.13. The van der Waals surface area contributed by atoms with Crippen molar-refractivity contribution in [1.29, 1.82) is 0 Å². The maximum atomic E-state index is 11.9. The van der Waals surface area contributed by atoms with Crippen molar-refractivity contribution >= 4 is 11.3 Å². The predicted octanol–water partition coefficient (Wildman–Crippen LogP) is 3.19. The Bertz CT molecular complexity index is 599. The van der Waals surface area contributed by atoms with Gasteiger partial charge in [-0.15, -0.1) is 11.3 Å². The van der Waals surface area contributed by atoms with E-state index in [2.05, 4.69) is 10.3 Å². The van der Waals surface area contributed by atoms with Crippen LogP contribution >= 0.6 is 11.3 Å². The average molecular weight is 345 g/mol. The molecule has 0 bridgehead atoms. The monoisotopic (exact) mass is 345 g/mol. The Morgan fingerprint density at radius 2 is 1.96 bits per heavy atom. The van der Waals surface area contributed by atoms with Crippen LogP contribution in [-0.4, -0.2) is 30.9 Å². The summed E-state index contributed by atoms with van der Waals surface area (Å²) in [6.07, 6.45) is -1.90. The van der Waals surface area contributed by atoms with Crippen LogP contribution in [0.2, 0.25) is 0 Å². The SMILES string of the molecule is NCc1cnc(-c2ccc(OCCCNCC(F)(F)F)cc2)s1. The van der Waals surface area contributed by atoms with Crippen molar-refractivity contribution in [3.05, 3.63) is 35.3 Å². The minimum Gasteiger partial charge on any atom is -0.494 e. The normalized spacial score (nSPS) is 11.7. The molecule has 3 N–H and O–H groups in total. The van der Waals surface area contributed by atoms with Crippen LogP contribution in [0.5, 0.6) is 5.75 Å². The Kier molecular flexibility index (Phi) is 6.37. The van der Waals surface area contributed by atoms with Crippen molar-refractivity contribution in [2.45, 2.75) is 19.1 Å². The molecule has 126 valence electrons. The third-order valence-electron chi connectivity index (χ3n) is 2.95. The zero-order chi connectivity index (χ0) is 16.7. The minimum absolute atomic E-state index is 0.262. The van der Waals surface area contributed by atoms with Gasteiger partial charge in [0, 0.05) is 23.2 Å². The van der Waals surface area contributed by atoms with Gasteiger partial charge in [0.15, 0.2) is 0 Å². The number of alkyl halides is 3. The van der Waals surface area contributed by atoms with Gasteiger partial charge < -0.3 is 15.8 Å². The van der Waals surface area contributed by atoms with E-state index in [-0.39, 0.29) is 6.54 Å². The molecule has 0 unspecified atom stereocenters. The van der Waals surface area contributed by atoms with E-state index in [1.165, 1.54) is 0 Å². The smallest absolute Gasteiger partial charge is 0.401 e. The molecule has 23 heavy (non-hydrogen) atoms. The lowest BCUT2D eigenvalue weighted by molar-refractivity contribution is -0.124. The second-order valence-corrected chi connectivity index (χ2v) is 5.97. The van der Waals surface area contributed by atoms with E-state index in [1.54, 1.807) is 17.5 Å². The number of halogens is 3. The average Bonchev–Trinajstić information content (AvgIpc) is 2.99. The van der Waals surface area contributed by atoms with E-state index in [1.807, 2.05) is 24.3 Å². The summed E-state index contributed by atoms with van der Waals surface area (Å²) in [6.45, 7) is 0.124. The molecule has 2 aromatic rings. The highest BCUT2D eigenvalue weighted by atomic mass is 32.1. The maximum Gasteiger partial charge on any atom is 0.401 e. The van der Waals surface area contributed by atoms with Crippen LogP contribution in [0.15, 0.2) is 30.5 Å². The number of nitrogens with two attached hydrogens (primary N) is 1. The lowest BCUT2D eigenvalue weighted by Crippen LogP contribution is -2.30. The molecule has 0 radical (unpaired) electrons. The summed E-state index contributed by atoms with van der Waals surface area (Å²) in [7, 11) is 0. The van der Waals surface area contributed by atoms with Crippen molar-refractivity contribution in [3.8, 4) is 16.3 Å². The number of nitrogens with one attached hydrogen (secondary N) is 1. The Morgan fingerprint density at radius 3 is 2.57 bits per heavy atom. The van der Waals surface area contributed by atoms with E-state index in [9.17, 15) is 13.2 Å². The lowest BCUT2D eigenvalue weighted by Gasteiger charge is -2.09. The molecule has 0 spiro atoms. The first kappa shape index (κ1) is 17.7. The quantitative estimate of drug-likeness (QED) is 0.722. The minimum atomic E-state index is -4.17. The summed E-state index contributed by atoms with van der Waals surface area (Å²) in [5.74, 6) is 0.681. The Balaban J connectivity index is 1.73. The second-order valence-electron chi connectivity index (χ2n) is 4.85. The fourth-order valence-electron chi connectivity index (χ4n) is 1.85. The Hall–Kier alpha value is -1.64. The van der Waals surface area contributed by atoms with Gasteiger partial charge in [0.1, 0.15) is 10.8 Å². The van der Waals surface area contributed by atoms with Gasteiger partial charge in [-0.25, -0.2) is 4.98 Å². The lowest BCUT2D eigenvalue weighted by atomic mass is 10.2. The zero-order valence-electron chi connectivity index (χ0n) is 12.4. The number of benzene rings is 1. The molecular weight excluding hydrogens is 327 g/mol. The first-order valence-corrected chi connectivity index (χ1v) is 7.95. The number of hydrogen-bond acceptors (Lipinski definition) is 5. The van der Waals surface area contributed by atoms with Gasteiger partial charge >= 0.3 is 6.18 Å². The molecule has 0 saturated heterocycles. The summed E-state index contributed by atoms with van der Waals surface area (Å²) < 4.78 is 41.3. The predicted molar refractivity (Wildman–Crippen MR) is 84.5 cm³/mol. The Labute approximate surface area is 136 Å². The standard InChI is InChI=1S/C15H18F3N3OS/c16-15(17,18)10-20-6-1-7-22-12-4-2-11(3-5-12)14-21-9-13(8-19)23-14/h2-5,9,20H,1,6-8,10,19H2. The molecule has 1 aromatic carbocycles. The van der Waals surface area contributed by atoms with Gasteiger partial charge in [0.25, 0.3) is 0 Å². The van der Waals surface area contributed by atoms with E-state index in [0.29, 0.717) is 25.3 Å². The van der Waals surface area contributed by atoms with Gasteiger partial charge in [-0.05, 0) is 37.2 Å². The van der Waals surface area contributed by atoms with Gasteiger partial charge in [-0.2, -0.15) is 13.2 Å². The fourth-order valence-corrected chi connectivity index (χ4v) is 2.64. The number of nitrogens with zero attached hydrogens (tertiary/aromatic N) is 1. The van der Waals surface area contributed by atoms with E-state index in [4.69, 9.17) is 10.5 Å². The zero-order valence-corrected chi connectivity index (χ0v) is 13.2. The molecule has 0 aliphatic carbocycles. The van der Waals surface area contributed by atoms with E-state index >= 15 is 0 Å². The molecule has 0 saturated carbocycles. The van der Waals surface area contributed by atoms with Crippen molar-refractivity contribution in [2.24, 2.45) is 5.73 Å². The summed E-state index contributed by atoms with van der Waals surface area (Å²) in [6, 6.07) is 7.44. The van der Waals surface area contributed by atoms with Crippen LogP contribution in [0.3, 0.4) is 0 Å². The van der Waals surface area contributed by atoms with E-state index in [0.717, 1.165) is 15.4 Å². The van der Waals surface area contributed by atoms with Gasteiger partial charge in [0.05, 0.1) is 13.2 Å². The summed E-state index contributed by atoms with van der Waals surface area (Å²) in [5, 5.41) is 3.22. The number of rotatable bonds is 8. The third kappa shape index (κ3) is 6.17. The van der Waals surface area contributed by atoms with E-state index < -0.39 is 12.7 Å². The fraction of sp³-hybridized carbons (Fsp3) is 0.400.